The Morgan fingerprint density at radius 3 is 2.54 bits per heavy atom. The highest BCUT2D eigenvalue weighted by Crippen LogP contribution is 2.21. The highest BCUT2D eigenvalue weighted by molar-refractivity contribution is 5.83. The second-order valence-electron chi connectivity index (χ2n) is 6.29. The van der Waals surface area contributed by atoms with Gasteiger partial charge >= 0.3 is 0 Å². The van der Waals surface area contributed by atoms with Gasteiger partial charge in [-0.2, -0.15) is 0 Å². The molecule has 3 aromatic rings. The third-order valence-electron chi connectivity index (χ3n) is 4.47. The summed E-state index contributed by atoms with van der Waals surface area (Å²) in [5.41, 5.74) is 5.63. The summed E-state index contributed by atoms with van der Waals surface area (Å²) in [5, 5.41) is 4.59. The fraction of sp³-hybridized carbons (Fsp3) is 0.250. The van der Waals surface area contributed by atoms with E-state index in [1.54, 1.807) is 0 Å². The first-order valence-electron chi connectivity index (χ1n) is 9.16. The van der Waals surface area contributed by atoms with Gasteiger partial charge in [0.2, 0.25) is 0 Å². The Labute approximate surface area is 156 Å². The van der Waals surface area contributed by atoms with Gasteiger partial charge in [-0.25, -0.2) is 0 Å². The van der Waals surface area contributed by atoms with Crippen molar-refractivity contribution in [1.29, 1.82) is 0 Å². The Morgan fingerprint density at radius 2 is 1.85 bits per heavy atom. The van der Waals surface area contributed by atoms with Crippen molar-refractivity contribution in [2.75, 3.05) is 11.9 Å². The molecule has 1 heterocycles. The molecular weight excluding hydrogens is 316 g/mol. The number of rotatable bonds is 5. The van der Waals surface area contributed by atoms with Gasteiger partial charge in [0.05, 0.1) is 12.2 Å². The van der Waals surface area contributed by atoms with Gasteiger partial charge in [0.1, 0.15) is 0 Å². The lowest BCUT2D eigenvalue weighted by Gasteiger charge is -2.04. The minimum Gasteiger partial charge on any atom is -0.374 e. The summed E-state index contributed by atoms with van der Waals surface area (Å²) in [4.78, 5) is 0. The van der Waals surface area contributed by atoms with E-state index in [4.69, 9.17) is 6.42 Å². The predicted molar refractivity (Wildman–Crippen MR) is 111 cm³/mol. The number of hydrogen-bond acceptors (Lipinski definition) is 1. The van der Waals surface area contributed by atoms with Crippen LogP contribution in [0.25, 0.3) is 10.9 Å². The van der Waals surface area contributed by atoms with E-state index >= 15 is 0 Å². The SMILES string of the molecule is C#Cc1ccc(NCC#Cc2cc3cc(CCC)ccc3n2CC)cc1. The van der Waals surface area contributed by atoms with Crippen LogP contribution in [0, 0.1) is 24.2 Å². The van der Waals surface area contributed by atoms with Crippen LogP contribution < -0.4 is 5.32 Å². The van der Waals surface area contributed by atoms with Crippen molar-refractivity contribution in [3.63, 3.8) is 0 Å². The number of hydrogen-bond donors (Lipinski definition) is 1. The number of benzene rings is 2. The van der Waals surface area contributed by atoms with Crippen LogP contribution in [0.2, 0.25) is 0 Å². The molecule has 0 bridgehead atoms. The summed E-state index contributed by atoms with van der Waals surface area (Å²) in [6.07, 6.45) is 7.67. The van der Waals surface area contributed by atoms with Gasteiger partial charge in [0.25, 0.3) is 0 Å². The molecule has 2 heteroatoms. The van der Waals surface area contributed by atoms with E-state index in [1.807, 2.05) is 24.3 Å². The summed E-state index contributed by atoms with van der Waals surface area (Å²) in [6, 6.07) is 16.8. The first-order valence-corrected chi connectivity index (χ1v) is 9.16. The van der Waals surface area contributed by atoms with Gasteiger partial charge in [0, 0.05) is 28.7 Å². The summed E-state index contributed by atoms with van der Waals surface area (Å²) < 4.78 is 2.28. The van der Waals surface area contributed by atoms with Crippen molar-refractivity contribution in [3.05, 3.63) is 65.4 Å². The Morgan fingerprint density at radius 1 is 1.04 bits per heavy atom. The van der Waals surface area contributed by atoms with Gasteiger partial charge in [-0.15, -0.1) is 6.42 Å². The third kappa shape index (κ3) is 3.93. The van der Waals surface area contributed by atoms with Crippen LogP contribution in [0.15, 0.2) is 48.5 Å². The zero-order valence-electron chi connectivity index (χ0n) is 15.5. The lowest BCUT2D eigenvalue weighted by atomic mass is 10.1. The van der Waals surface area contributed by atoms with E-state index in [-0.39, 0.29) is 0 Å². The maximum Gasteiger partial charge on any atom is 0.0931 e. The lowest BCUT2D eigenvalue weighted by Crippen LogP contribution is -2.00. The molecule has 0 aliphatic carbocycles. The number of anilines is 1. The van der Waals surface area contributed by atoms with E-state index in [0.29, 0.717) is 6.54 Å². The number of aryl methyl sites for hydroxylation is 2. The van der Waals surface area contributed by atoms with Gasteiger partial charge in [-0.1, -0.05) is 31.3 Å². The van der Waals surface area contributed by atoms with Crippen LogP contribution in [-0.2, 0) is 13.0 Å². The monoisotopic (exact) mass is 340 g/mol. The summed E-state index contributed by atoms with van der Waals surface area (Å²) >= 11 is 0. The normalized spacial score (nSPS) is 10.2. The number of fused-ring (bicyclic) bond motifs is 1. The number of terminal acetylenes is 1. The average molecular weight is 340 g/mol. The molecule has 0 amide bonds. The smallest absolute Gasteiger partial charge is 0.0931 e. The number of nitrogens with zero attached hydrogens (tertiary/aromatic N) is 1. The van der Waals surface area contributed by atoms with Crippen molar-refractivity contribution in [3.8, 4) is 24.2 Å². The highest BCUT2D eigenvalue weighted by atomic mass is 15.0. The molecule has 0 fully saturated rings. The Bertz CT molecular complexity index is 989. The summed E-state index contributed by atoms with van der Waals surface area (Å²) in [5.74, 6) is 9.17. The third-order valence-corrected chi connectivity index (χ3v) is 4.47. The van der Waals surface area contributed by atoms with Crippen LogP contribution in [0.5, 0.6) is 0 Å². The molecule has 0 spiro atoms. The maximum absolute atomic E-state index is 5.38. The molecule has 130 valence electrons. The van der Waals surface area contributed by atoms with Crippen molar-refractivity contribution < 1.29 is 0 Å². The molecule has 2 nitrogen and oxygen atoms in total. The molecule has 1 N–H and O–H groups in total. The zero-order chi connectivity index (χ0) is 18.4. The number of nitrogens with one attached hydrogen (secondary N) is 1. The van der Waals surface area contributed by atoms with Crippen LogP contribution in [-0.4, -0.2) is 11.1 Å². The second kappa shape index (κ2) is 8.32. The molecular formula is C24H24N2. The molecule has 26 heavy (non-hydrogen) atoms. The van der Waals surface area contributed by atoms with Crippen molar-refractivity contribution in [2.24, 2.45) is 0 Å². The standard InChI is InChI=1S/C24H24N2/c1-4-8-20-12-15-24-21(17-20)18-23(26(24)6-3)9-7-16-25-22-13-10-19(5-2)11-14-22/h2,10-15,17-18,25H,4,6,8,16H2,1,3H3. The van der Waals surface area contributed by atoms with Gasteiger partial charge in [0.15, 0.2) is 0 Å². The van der Waals surface area contributed by atoms with Crippen LogP contribution >= 0.6 is 0 Å². The molecule has 0 saturated carbocycles. The molecule has 3 rings (SSSR count). The van der Waals surface area contributed by atoms with Crippen molar-refractivity contribution in [1.82, 2.24) is 4.57 Å². The van der Waals surface area contributed by atoms with E-state index in [1.165, 1.54) is 22.9 Å². The fourth-order valence-electron chi connectivity index (χ4n) is 3.17. The van der Waals surface area contributed by atoms with Crippen LogP contribution in [0.4, 0.5) is 5.69 Å². The Balaban J connectivity index is 1.75. The molecule has 0 aliphatic heterocycles. The minimum atomic E-state index is 0.599. The first kappa shape index (κ1) is 17.7. The topological polar surface area (TPSA) is 17.0 Å². The summed E-state index contributed by atoms with van der Waals surface area (Å²) in [7, 11) is 0. The molecule has 2 aromatic carbocycles. The molecule has 0 atom stereocenters. The molecule has 1 aromatic heterocycles. The molecule has 0 unspecified atom stereocenters. The van der Waals surface area contributed by atoms with E-state index < -0.39 is 0 Å². The van der Waals surface area contributed by atoms with Gasteiger partial charge in [-0.05, 0) is 67.3 Å². The van der Waals surface area contributed by atoms with Crippen molar-refractivity contribution >= 4 is 16.6 Å². The molecule has 0 radical (unpaired) electrons. The zero-order valence-corrected chi connectivity index (χ0v) is 15.5. The quantitative estimate of drug-likeness (QED) is 0.643. The average Bonchev–Trinajstić information content (AvgIpc) is 3.02. The lowest BCUT2D eigenvalue weighted by molar-refractivity contribution is 0.787. The fourth-order valence-corrected chi connectivity index (χ4v) is 3.17. The predicted octanol–water partition coefficient (Wildman–Crippen LogP) is 5.06. The summed E-state index contributed by atoms with van der Waals surface area (Å²) in [6.45, 7) is 5.89. The van der Waals surface area contributed by atoms with E-state index in [2.05, 4.69) is 65.8 Å². The second-order valence-corrected chi connectivity index (χ2v) is 6.29. The van der Waals surface area contributed by atoms with Gasteiger partial charge < -0.3 is 9.88 Å². The maximum atomic E-state index is 5.38. The van der Waals surface area contributed by atoms with Crippen LogP contribution in [0.3, 0.4) is 0 Å². The van der Waals surface area contributed by atoms with Gasteiger partial charge in [-0.3, -0.25) is 0 Å². The van der Waals surface area contributed by atoms with E-state index in [0.717, 1.165) is 29.9 Å². The highest BCUT2D eigenvalue weighted by Gasteiger charge is 2.06. The van der Waals surface area contributed by atoms with E-state index in [9.17, 15) is 0 Å². The van der Waals surface area contributed by atoms with Crippen molar-refractivity contribution in [2.45, 2.75) is 33.2 Å². The first-order chi connectivity index (χ1) is 12.7. The minimum absolute atomic E-state index is 0.599. The molecule has 0 saturated heterocycles. The largest absolute Gasteiger partial charge is 0.374 e. The Hall–Kier alpha value is -3.10. The Kier molecular flexibility index (Phi) is 5.67. The van der Waals surface area contributed by atoms with Crippen LogP contribution in [0.1, 0.15) is 37.1 Å². The molecule has 0 aliphatic rings. The number of aromatic nitrogens is 1.